The molecule has 0 fully saturated rings. The standard InChI is InChI=1S/C18H11NO.C17H9N2O.C5H8O2.Ir/c1-2-5-12-11(4-1)10-14-13(12)7-8-15-17(14)18-16(20-15)6-3-9-19-18;1-2-5-12-10(4-1)11-7-8-13-15(16(11)19-12)17-14(20-13)6-3-9-18-17;1-4(6)3-5(2)7;/h1-9H,10H2;1-9H;3,6H,1-2H3;/q;-1;;. The van der Waals surface area contributed by atoms with Crippen molar-refractivity contribution >= 4 is 71.7 Å². The number of benzene rings is 4. The molecule has 0 saturated carbocycles. The molecule has 9 aromatic rings. The molecule has 0 atom stereocenters. The maximum absolute atomic E-state index is 10.0. The zero-order chi connectivity index (χ0) is 32.1. The number of fused-ring (bicyclic) bond motifs is 14. The molecule has 8 heteroatoms. The largest absolute Gasteiger partial charge is 0.656 e. The van der Waals surface area contributed by atoms with E-state index in [4.69, 9.17) is 18.9 Å². The summed E-state index contributed by atoms with van der Waals surface area (Å²) in [5.74, 6) is -0.0625. The van der Waals surface area contributed by atoms with Gasteiger partial charge in [-0.25, -0.2) is 0 Å². The fraction of sp³-hybridized carbons (Fsp3) is 0.0750. The molecule has 0 saturated heterocycles. The molecular formula is C40H28IrN3O4-. The van der Waals surface area contributed by atoms with E-state index < -0.39 is 0 Å². The van der Waals surface area contributed by atoms with E-state index in [0.717, 1.165) is 61.6 Å². The summed E-state index contributed by atoms with van der Waals surface area (Å²) in [7, 11) is 0. The fourth-order valence-electron chi connectivity index (χ4n) is 6.53. The van der Waals surface area contributed by atoms with Crippen LogP contribution in [0.15, 0.2) is 130 Å². The van der Waals surface area contributed by atoms with E-state index in [1.54, 1.807) is 6.20 Å². The number of nitrogens with zero attached hydrogens (tertiary/aromatic N) is 3. The van der Waals surface area contributed by atoms with Gasteiger partial charge in [0.1, 0.15) is 22.2 Å². The number of para-hydroxylation sites is 1. The number of allylic oxidation sites excluding steroid dienone is 2. The number of carbonyl (C=O) groups is 1. The fourth-order valence-corrected chi connectivity index (χ4v) is 6.53. The Morgan fingerprint density at radius 2 is 1.35 bits per heavy atom. The first kappa shape index (κ1) is 31.1. The van der Waals surface area contributed by atoms with Gasteiger partial charge in [-0.15, -0.1) is 11.0 Å². The molecule has 1 aliphatic rings. The van der Waals surface area contributed by atoms with Crippen LogP contribution in [0.4, 0.5) is 0 Å². The van der Waals surface area contributed by atoms with Crippen molar-refractivity contribution in [1.82, 2.24) is 15.0 Å². The number of rotatable bonds is 1. The van der Waals surface area contributed by atoms with Gasteiger partial charge in [-0.05, 0) is 89.7 Å². The van der Waals surface area contributed by atoms with E-state index in [9.17, 15) is 4.79 Å². The van der Waals surface area contributed by atoms with Crippen LogP contribution in [0.25, 0.3) is 77.1 Å². The zero-order valence-electron chi connectivity index (χ0n) is 26.0. The van der Waals surface area contributed by atoms with Gasteiger partial charge in [-0.3, -0.25) is 14.8 Å². The van der Waals surface area contributed by atoms with E-state index in [2.05, 4.69) is 58.5 Å². The normalized spacial score (nSPS) is 12.0. The van der Waals surface area contributed by atoms with Crippen molar-refractivity contribution in [2.45, 2.75) is 20.3 Å². The minimum atomic E-state index is -0.125. The molecule has 4 aromatic carbocycles. The van der Waals surface area contributed by atoms with Crippen molar-refractivity contribution in [3.05, 3.63) is 132 Å². The number of furan rings is 2. The number of pyridine rings is 2. The van der Waals surface area contributed by atoms with E-state index in [1.165, 1.54) is 52.9 Å². The molecule has 237 valence electrons. The minimum absolute atomic E-state index is 0. The van der Waals surface area contributed by atoms with E-state index in [0.29, 0.717) is 0 Å². The molecule has 5 heterocycles. The summed E-state index contributed by atoms with van der Waals surface area (Å²) >= 11 is 0. The van der Waals surface area contributed by atoms with Crippen LogP contribution in [-0.2, 0) is 31.3 Å². The maximum atomic E-state index is 10.0. The molecule has 1 N–H and O–H groups in total. The van der Waals surface area contributed by atoms with Crippen molar-refractivity contribution in [1.29, 1.82) is 0 Å². The molecule has 7 nitrogen and oxygen atoms in total. The molecule has 5 aromatic heterocycles. The van der Waals surface area contributed by atoms with Gasteiger partial charge in [0.15, 0.2) is 16.9 Å². The van der Waals surface area contributed by atoms with Gasteiger partial charge < -0.3 is 18.9 Å². The summed E-state index contributed by atoms with van der Waals surface area (Å²) < 4.78 is 11.8. The van der Waals surface area contributed by atoms with Crippen LogP contribution >= 0.6 is 0 Å². The van der Waals surface area contributed by atoms with Gasteiger partial charge in [-0.2, -0.15) is 0 Å². The van der Waals surface area contributed by atoms with Crippen molar-refractivity contribution in [2.24, 2.45) is 0 Å². The average Bonchev–Trinajstić information content (AvgIpc) is 3.83. The second kappa shape index (κ2) is 12.6. The van der Waals surface area contributed by atoms with Crippen molar-refractivity contribution in [3.63, 3.8) is 0 Å². The Morgan fingerprint density at radius 3 is 2.06 bits per heavy atom. The third-order valence-electron chi connectivity index (χ3n) is 8.38. The summed E-state index contributed by atoms with van der Waals surface area (Å²) in [6.07, 6.45) is 5.76. The van der Waals surface area contributed by atoms with Gasteiger partial charge in [0.2, 0.25) is 0 Å². The Hall–Kier alpha value is -5.56. The van der Waals surface area contributed by atoms with Crippen LogP contribution in [0, 0.1) is 0 Å². The van der Waals surface area contributed by atoms with Crippen LogP contribution in [-0.4, -0.2) is 20.9 Å². The number of hydrogen-bond donors (Lipinski definition) is 1. The Morgan fingerprint density at radius 1 is 0.708 bits per heavy atom. The molecule has 1 radical (unpaired) electrons. The number of hydrogen-bond acceptors (Lipinski definition) is 6. The number of carbonyl (C=O) groups excluding carboxylic acids is 1. The quantitative estimate of drug-likeness (QED) is 0.130. The van der Waals surface area contributed by atoms with Crippen LogP contribution in [0.1, 0.15) is 25.0 Å². The number of aromatic nitrogens is 3. The third-order valence-corrected chi connectivity index (χ3v) is 8.38. The number of aliphatic hydroxyl groups is 1. The third kappa shape index (κ3) is 5.35. The van der Waals surface area contributed by atoms with Crippen LogP contribution < -0.4 is 4.98 Å². The minimum Gasteiger partial charge on any atom is -0.656 e. The maximum Gasteiger partial charge on any atom is 0.155 e. The summed E-state index contributed by atoms with van der Waals surface area (Å²) in [6, 6.07) is 32.9. The molecule has 10 rings (SSSR count). The van der Waals surface area contributed by atoms with Gasteiger partial charge in [-0.1, -0.05) is 60.7 Å². The average molecular weight is 807 g/mol. The molecule has 48 heavy (non-hydrogen) atoms. The summed E-state index contributed by atoms with van der Waals surface area (Å²) in [6.45, 7) is 2.85. The Labute approximate surface area is 288 Å². The van der Waals surface area contributed by atoms with Crippen molar-refractivity contribution in [3.8, 4) is 11.1 Å². The molecule has 0 spiro atoms. The van der Waals surface area contributed by atoms with E-state index >= 15 is 0 Å². The Bertz CT molecular complexity index is 2680. The van der Waals surface area contributed by atoms with E-state index in [-0.39, 0.29) is 31.6 Å². The second-order valence-corrected chi connectivity index (χ2v) is 11.6. The number of aliphatic hydroxyl groups excluding tert-OH is 1. The molecule has 0 bridgehead atoms. The zero-order valence-corrected chi connectivity index (χ0v) is 28.4. The van der Waals surface area contributed by atoms with Crippen LogP contribution in [0.2, 0.25) is 0 Å². The first-order chi connectivity index (χ1) is 23.0. The summed E-state index contributed by atoms with van der Waals surface area (Å²) in [5.41, 5.74) is 12.7. The first-order valence-electron chi connectivity index (χ1n) is 15.3. The van der Waals surface area contributed by atoms with Crippen LogP contribution in [0.3, 0.4) is 0 Å². The van der Waals surface area contributed by atoms with Gasteiger partial charge in [0.05, 0.1) is 11.1 Å². The van der Waals surface area contributed by atoms with E-state index in [1.807, 2.05) is 54.7 Å². The van der Waals surface area contributed by atoms with Gasteiger partial charge in [0, 0.05) is 44.0 Å². The van der Waals surface area contributed by atoms with Crippen molar-refractivity contribution < 1.29 is 38.8 Å². The summed E-state index contributed by atoms with van der Waals surface area (Å²) in [5, 5.41) is 12.9. The Kier molecular flexibility index (Phi) is 8.13. The predicted molar refractivity (Wildman–Crippen MR) is 187 cm³/mol. The molecule has 1 aliphatic carbocycles. The first-order valence-corrected chi connectivity index (χ1v) is 15.3. The predicted octanol–water partition coefficient (Wildman–Crippen LogP) is 9.83. The number of ketones is 1. The van der Waals surface area contributed by atoms with Crippen molar-refractivity contribution in [2.75, 3.05) is 0 Å². The SMILES string of the molecule is CC(=O)C=C(C)O.[Ir].c1ccc2c(c1)Cc1c-2ccc2oc3cccnc3c12.c1ccc2c(c1)[n-]c1c2ccc2oc3cccnc3c21. The smallest absolute Gasteiger partial charge is 0.155 e. The topological polar surface area (TPSA) is 103 Å². The van der Waals surface area contributed by atoms with Crippen LogP contribution in [0.5, 0.6) is 0 Å². The molecule has 0 unspecified atom stereocenters. The van der Waals surface area contributed by atoms with Gasteiger partial charge >= 0.3 is 0 Å². The molecule has 0 amide bonds. The Balaban J connectivity index is 0.000000126. The second-order valence-electron chi connectivity index (χ2n) is 11.6. The monoisotopic (exact) mass is 807 g/mol. The van der Waals surface area contributed by atoms with Gasteiger partial charge in [0.25, 0.3) is 0 Å². The molecule has 0 aliphatic heterocycles. The summed E-state index contributed by atoms with van der Waals surface area (Å²) in [4.78, 5) is 23.8. The molecular weight excluding hydrogens is 779 g/mol.